The maximum Gasteiger partial charge on any atom is 0.241 e. The van der Waals surface area contributed by atoms with Gasteiger partial charge >= 0.3 is 0 Å². The van der Waals surface area contributed by atoms with Crippen LogP contribution in [0.3, 0.4) is 0 Å². The minimum absolute atomic E-state index is 0.0457. The average Bonchev–Trinajstić information content (AvgIpc) is 2.92. The molecular formula is C13H14ClNO4S. The van der Waals surface area contributed by atoms with Crippen LogP contribution in [0.25, 0.3) is 0 Å². The van der Waals surface area contributed by atoms with E-state index in [1.807, 2.05) is 0 Å². The van der Waals surface area contributed by atoms with Crippen molar-refractivity contribution < 1.29 is 17.9 Å². The molecule has 1 aromatic heterocycles. The van der Waals surface area contributed by atoms with E-state index in [4.69, 9.17) is 21.1 Å². The Morgan fingerprint density at radius 3 is 2.75 bits per heavy atom. The van der Waals surface area contributed by atoms with Crippen molar-refractivity contribution in [1.82, 2.24) is 4.72 Å². The number of furan rings is 1. The summed E-state index contributed by atoms with van der Waals surface area (Å²) in [5.41, 5.74) is 0.361. The summed E-state index contributed by atoms with van der Waals surface area (Å²) in [4.78, 5) is 0.0457. The van der Waals surface area contributed by atoms with Crippen LogP contribution in [0.15, 0.2) is 45.9 Å². The van der Waals surface area contributed by atoms with Crippen molar-refractivity contribution in [2.24, 2.45) is 0 Å². The third kappa shape index (κ3) is 3.21. The lowest BCUT2D eigenvalue weighted by Gasteiger charge is -2.13. The lowest BCUT2D eigenvalue weighted by Crippen LogP contribution is -2.26. The van der Waals surface area contributed by atoms with Crippen LogP contribution in [0.2, 0.25) is 5.02 Å². The summed E-state index contributed by atoms with van der Waals surface area (Å²) in [7, 11) is -3.71. The van der Waals surface area contributed by atoms with Crippen molar-refractivity contribution in [2.75, 3.05) is 0 Å². The highest BCUT2D eigenvalue weighted by Gasteiger charge is 2.20. The molecule has 0 saturated carbocycles. The fraction of sp³-hybridized carbons (Fsp3) is 0.231. The first-order chi connectivity index (χ1) is 9.44. The third-order valence-electron chi connectivity index (χ3n) is 2.80. The molecule has 1 heterocycles. The van der Waals surface area contributed by atoms with E-state index in [1.165, 1.54) is 24.5 Å². The zero-order valence-corrected chi connectivity index (χ0v) is 12.3. The summed E-state index contributed by atoms with van der Waals surface area (Å²) in [6.07, 6.45) is 1.48. The van der Waals surface area contributed by atoms with E-state index >= 15 is 0 Å². The molecule has 0 fully saturated rings. The summed E-state index contributed by atoms with van der Waals surface area (Å²) in [5, 5.41) is 9.45. The van der Waals surface area contributed by atoms with Gasteiger partial charge in [-0.1, -0.05) is 11.6 Å². The highest BCUT2D eigenvalue weighted by Crippen LogP contribution is 2.22. The summed E-state index contributed by atoms with van der Waals surface area (Å²) in [6, 6.07) is 7.06. The minimum Gasteiger partial charge on any atom is -0.468 e. The zero-order chi connectivity index (χ0) is 14.8. The van der Waals surface area contributed by atoms with Gasteiger partial charge in [0, 0.05) is 5.02 Å². The Hall–Kier alpha value is -1.34. The molecule has 2 aromatic rings. The summed E-state index contributed by atoms with van der Waals surface area (Å²) >= 11 is 5.84. The number of rotatable bonds is 5. The third-order valence-corrected chi connectivity index (χ3v) is 4.71. The second-order valence-electron chi connectivity index (χ2n) is 4.27. The first-order valence-corrected chi connectivity index (χ1v) is 7.75. The van der Waals surface area contributed by atoms with E-state index in [1.54, 1.807) is 19.1 Å². The molecule has 0 bridgehead atoms. The monoisotopic (exact) mass is 315 g/mol. The second kappa shape index (κ2) is 5.97. The number of aliphatic hydroxyl groups excluding tert-OH is 1. The molecule has 0 aliphatic heterocycles. The van der Waals surface area contributed by atoms with Crippen LogP contribution in [0.5, 0.6) is 0 Å². The van der Waals surface area contributed by atoms with E-state index in [-0.39, 0.29) is 11.5 Å². The first kappa shape index (κ1) is 15.1. The summed E-state index contributed by atoms with van der Waals surface area (Å²) in [6.45, 7) is 1.36. The zero-order valence-electron chi connectivity index (χ0n) is 10.7. The predicted octanol–water partition coefficient (Wildman–Crippen LogP) is 2.46. The van der Waals surface area contributed by atoms with Gasteiger partial charge < -0.3 is 9.52 Å². The molecule has 0 aliphatic rings. The van der Waals surface area contributed by atoms with Crippen molar-refractivity contribution in [2.45, 2.75) is 24.5 Å². The molecule has 1 aromatic carbocycles. The van der Waals surface area contributed by atoms with Crippen molar-refractivity contribution in [3.05, 3.63) is 52.9 Å². The van der Waals surface area contributed by atoms with E-state index in [9.17, 15) is 8.42 Å². The van der Waals surface area contributed by atoms with E-state index in [0.717, 1.165) is 0 Å². The number of hydrogen-bond donors (Lipinski definition) is 2. The van der Waals surface area contributed by atoms with Gasteiger partial charge in [0.15, 0.2) is 0 Å². The number of aliphatic hydroxyl groups is 1. The molecule has 2 N–H and O–H groups in total. The van der Waals surface area contributed by atoms with Gasteiger partial charge in [-0.2, -0.15) is 0 Å². The van der Waals surface area contributed by atoms with Crippen molar-refractivity contribution in [3.8, 4) is 0 Å². The van der Waals surface area contributed by atoms with Crippen LogP contribution in [0.1, 0.15) is 24.3 Å². The Kier molecular flexibility index (Phi) is 4.49. The van der Waals surface area contributed by atoms with Gasteiger partial charge in [-0.05, 0) is 42.8 Å². The van der Waals surface area contributed by atoms with Gasteiger partial charge in [-0.25, -0.2) is 13.1 Å². The van der Waals surface area contributed by atoms with E-state index in [2.05, 4.69) is 4.72 Å². The highest BCUT2D eigenvalue weighted by atomic mass is 35.5. The number of benzene rings is 1. The predicted molar refractivity (Wildman–Crippen MR) is 74.8 cm³/mol. The highest BCUT2D eigenvalue weighted by molar-refractivity contribution is 7.89. The SMILES string of the molecule is CC(NS(=O)(=O)c1ccc(Cl)c(CO)c1)c1ccco1. The van der Waals surface area contributed by atoms with E-state index < -0.39 is 16.1 Å². The Morgan fingerprint density at radius 1 is 1.40 bits per heavy atom. The normalized spacial score (nSPS) is 13.3. The summed E-state index contributed by atoms with van der Waals surface area (Å²) < 4.78 is 32.1. The lowest BCUT2D eigenvalue weighted by molar-refractivity contribution is 0.281. The topological polar surface area (TPSA) is 79.5 Å². The van der Waals surface area contributed by atoms with E-state index in [0.29, 0.717) is 16.3 Å². The fourth-order valence-electron chi connectivity index (χ4n) is 1.74. The van der Waals surface area contributed by atoms with Gasteiger partial charge in [0.2, 0.25) is 10.0 Å². The molecule has 0 spiro atoms. The maximum absolute atomic E-state index is 12.2. The van der Waals surface area contributed by atoms with Gasteiger partial charge in [0.25, 0.3) is 0 Å². The molecular weight excluding hydrogens is 302 g/mol. The van der Waals surface area contributed by atoms with Crippen LogP contribution < -0.4 is 4.72 Å². The smallest absolute Gasteiger partial charge is 0.241 e. The van der Waals surface area contributed by atoms with Gasteiger partial charge in [-0.3, -0.25) is 0 Å². The van der Waals surface area contributed by atoms with Crippen molar-refractivity contribution >= 4 is 21.6 Å². The quantitative estimate of drug-likeness (QED) is 0.888. The maximum atomic E-state index is 12.2. The average molecular weight is 316 g/mol. The standard InChI is InChI=1S/C13H14ClNO4S/c1-9(13-3-2-6-19-13)15-20(17,18)11-4-5-12(14)10(7-11)8-16/h2-7,9,15-16H,8H2,1H3. The van der Waals surface area contributed by atoms with Gasteiger partial charge in [0.1, 0.15) is 5.76 Å². The minimum atomic E-state index is -3.71. The largest absolute Gasteiger partial charge is 0.468 e. The molecule has 7 heteroatoms. The Morgan fingerprint density at radius 2 is 2.15 bits per heavy atom. The lowest BCUT2D eigenvalue weighted by atomic mass is 10.2. The molecule has 108 valence electrons. The van der Waals surface area contributed by atoms with Crippen molar-refractivity contribution in [3.63, 3.8) is 0 Å². The molecule has 0 amide bonds. The Labute approximate surface area is 122 Å². The van der Waals surface area contributed by atoms with Gasteiger partial charge in [-0.15, -0.1) is 0 Å². The molecule has 0 saturated heterocycles. The molecule has 0 radical (unpaired) electrons. The fourth-order valence-corrected chi connectivity index (χ4v) is 3.18. The summed E-state index contributed by atoms with van der Waals surface area (Å²) in [5.74, 6) is 0.518. The number of sulfonamides is 1. The Balaban J connectivity index is 2.26. The van der Waals surface area contributed by atoms with Crippen LogP contribution in [0, 0.1) is 0 Å². The van der Waals surface area contributed by atoms with Crippen LogP contribution in [-0.4, -0.2) is 13.5 Å². The van der Waals surface area contributed by atoms with Crippen LogP contribution in [-0.2, 0) is 16.6 Å². The van der Waals surface area contributed by atoms with Crippen LogP contribution >= 0.6 is 11.6 Å². The number of nitrogens with one attached hydrogen (secondary N) is 1. The molecule has 5 nitrogen and oxygen atoms in total. The number of halogens is 1. The Bertz CT molecular complexity index is 682. The molecule has 1 atom stereocenters. The molecule has 1 unspecified atom stereocenters. The molecule has 20 heavy (non-hydrogen) atoms. The first-order valence-electron chi connectivity index (χ1n) is 5.89. The van der Waals surface area contributed by atoms with Crippen LogP contribution in [0.4, 0.5) is 0 Å². The van der Waals surface area contributed by atoms with Gasteiger partial charge in [0.05, 0.1) is 23.8 Å². The van der Waals surface area contributed by atoms with Crippen molar-refractivity contribution in [1.29, 1.82) is 0 Å². The second-order valence-corrected chi connectivity index (χ2v) is 6.39. The number of hydrogen-bond acceptors (Lipinski definition) is 4. The molecule has 2 rings (SSSR count). The molecule has 0 aliphatic carbocycles.